The van der Waals surface area contributed by atoms with Crippen molar-refractivity contribution >= 4 is 17.5 Å². The van der Waals surface area contributed by atoms with Crippen LogP contribution < -0.4 is 10.6 Å². The molecule has 2 aromatic rings. The van der Waals surface area contributed by atoms with Crippen molar-refractivity contribution in [3.8, 4) is 0 Å². The summed E-state index contributed by atoms with van der Waals surface area (Å²) in [5.41, 5.74) is 3.03. The smallest absolute Gasteiger partial charge is 0.239 e. The Balaban J connectivity index is 1.77. The average molecular weight is 339 g/mol. The monoisotopic (exact) mass is 339 g/mol. The number of hydrogen-bond donors (Lipinski definition) is 2. The molecule has 2 aromatic carbocycles. The molecular formula is C20H25N3O2. The van der Waals surface area contributed by atoms with Crippen LogP contribution in [0.5, 0.6) is 0 Å². The first kappa shape index (κ1) is 18.5. The van der Waals surface area contributed by atoms with Crippen LogP contribution in [0.4, 0.5) is 5.69 Å². The average Bonchev–Trinajstić information content (AvgIpc) is 2.63. The molecule has 5 heteroatoms. The lowest BCUT2D eigenvalue weighted by atomic mass is 10.1. The van der Waals surface area contributed by atoms with Crippen LogP contribution >= 0.6 is 0 Å². The predicted molar refractivity (Wildman–Crippen MR) is 100 cm³/mol. The molecule has 0 fully saturated rings. The molecule has 0 bridgehead atoms. The van der Waals surface area contributed by atoms with Gasteiger partial charge in [0, 0.05) is 32.7 Å². The van der Waals surface area contributed by atoms with Crippen molar-refractivity contribution in [1.29, 1.82) is 0 Å². The maximum absolute atomic E-state index is 11.9. The van der Waals surface area contributed by atoms with Crippen LogP contribution in [0, 0.1) is 0 Å². The van der Waals surface area contributed by atoms with Gasteiger partial charge in [-0.15, -0.1) is 0 Å². The molecule has 0 aliphatic rings. The predicted octanol–water partition coefficient (Wildman–Crippen LogP) is 2.44. The summed E-state index contributed by atoms with van der Waals surface area (Å²) in [5, 5.41) is 6.01. The van der Waals surface area contributed by atoms with Gasteiger partial charge < -0.3 is 15.5 Å². The lowest BCUT2D eigenvalue weighted by molar-refractivity contribution is -0.128. The molecule has 25 heavy (non-hydrogen) atoms. The molecule has 0 radical (unpaired) electrons. The second kappa shape index (κ2) is 9.47. The quantitative estimate of drug-likeness (QED) is 0.776. The molecule has 0 spiro atoms. The molecule has 2 amide bonds. The lowest BCUT2D eigenvalue weighted by Gasteiger charge is -2.11. The fourth-order valence-electron chi connectivity index (χ4n) is 2.35. The number of anilines is 1. The third-order valence-corrected chi connectivity index (χ3v) is 3.84. The highest BCUT2D eigenvalue weighted by Gasteiger charge is 2.05. The van der Waals surface area contributed by atoms with E-state index in [1.807, 2.05) is 54.6 Å². The van der Waals surface area contributed by atoms with Crippen molar-refractivity contribution in [3.63, 3.8) is 0 Å². The maximum atomic E-state index is 11.9. The summed E-state index contributed by atoms with van der Waals surface area (Å²) in [6, 6.07) is 17.6. The standard InChI is InChI=1S/C20H25N3O2/c1-23(2)20(25)12-11-16-9-6-10-18(13-16)21-15-19(24)22-14-17-7-4-3-5-8-17/h3-10,13,21H,11-12,14-15H2,1-2H3,(H,22,24). The van der Waals surface area contributed by atoms with Gasteiger partial charge in [-0.1, -0.05) is 42.5 Å². The summed E-state index contributed by atoms with van der Waals surface area (Å²) < 4.78 is 0. The Hall–Kier alpha value is -2.82. The highest BCUT2D eigenvalue weighted by atomic mass is 16.2. The zero-order chi connectivity index (χ0) is 18.1. The number of rotatable bonds is 8. The largest absolute Gasteiger partial charge is 0.376 e. The topological polar surface area (TPSA) is 61.4 Å². The molecule has 2 rings (SSSR count). The van der Waals surface area contributed by atoms with Gasteiger partial charge in [-0.2, -0.15) is 0 Å². The van der Waals surface area contributed by atoms with Gasteiger partial charge >= 0.3 is 0 Å². The van der Waals surface area contributed by atoms with E-state index in [1.54, 1.807) is 19.0 Å². The van der Waals surface area contributed by atoms with E-state index < -0.39 is 0 Å². The van der Waals surface area contributed by atoms with Gasteiger partial charge in [-0.05, 0) is 29.7 Å². The van der Waals surface area contributed by atoms with Gasteiger partial charge in [0.05, 0.1) is 6.54 Å². The van der Waals surface area contributed by atoms with Gasteiger partial charge in [0.2, 0.25) is 11.8 Å². The van der Waals surface area contributed by atoms with E-state index in [1.165, 1.54) is 0 Å². The van der Waals surface area contributed by atoms with E-state index in [2.05, 4.69) is 10.6 Å². The van der Waals surface area contributed by atoms with Gasteiger partial charge in [0.15, 0.2) is 0 Å². The van der Waals surface area contributed by atoms with Crippen LogP contribution in [-0.2, 0) is 22.6 Å². The van der Waals surface area contributed by atoms with E-state index >= 15 is 0 Å². The SMILES string of the molecule is CN(C)C(=O)CCc1cccc(NCC(=O)NCc2ccccc2)c1. The van der Waals surface area contributed by atoms with Gasteiger partial charge in [0.25, 0.3) is 0 Å². The Labute approximate surface area is 149 Å². The van der Waals surface area contributed by atoms with Crippen LogP contribution in [0.15, 0.2) is 54.6 Å². The summed E-state index contributed by atoms with van der Waals surface area (Å²) in [5.74, 6) is 0.0516. The highest BCUT2D eigenvalue weighted by molar-refractivity contribution is 5.80. The van der Waals surface area contributed by atoms with Gasteiger partial charge in [-0.3, -0.25) is 9.59 Å². The fraction of sp³-hybridized carbons (Fsp3) is 0.300. The normalized spacial score (nSPS) is 10.2. The second-order valence-electron chi connectivity index (χ2n) is 6.10. The Morgan fingerprint density at radius 3 is 2.40 bits per heavy atom. The molecule has 132 valence electrons. The van der Waals surface area contributed by atoms with Crippen LogP contribution in [-0.4, -0.2) is 37.4 Å². The number of carbonyl (C=O) groups excluding carboxylic acids is 2. The first-order valence-electron chi connectivity index (χ1n) is 8.38. The summed E-state index contributed by atoms with van der Waals surface area (Å²) in [6.07, 6.45) is 1.17. The maximum Gasteiger partial charge on any atom is 0.239 e. The lowest BCUT2D eigenvalue weighted by Crippen LogP contribution is -2.29. The number of benzene rings is 2. The first-order chi connectivity index (χ1) is 12.0. The fourth-order valence-corrected chi connectivity index (χ4v) is 2.35. The summed E-state index contributed by atoms with van der Waals surface area (Å²) in [4.78, 5) is 25.2. The highest BCUT2D eigenvalue weighted by Crippen LogP contribution is 2.12. The Bertz CT molecular complexity index is 699. The van der Waals surface area contributed by atoms with E-state index in [4.69, 9.17) is 0 Å². The summed E-state index contributed by atoms with van der Waals surface area (Å²) >= 11 is 0. The van der Waals surface area contributed by atoms with Crippen molar-refractivity contribution in [2.75, 3.05) is 26.0 Å². The summed E-state index contributed by atoms with van der Waals surface area (Å²) in [7, 11) is 3.52. The Morgan fingerprint density at radius 2 is 1.68 bits per heavy atom. The second-order valence-corrected chi connectivity index (χ2v) is 6.10. The Morgan fingerprint density at radius 1 is 0.960 bits per heavy atom. The summed E-state index contributed by atoms with van der Waals surface area (Å²) in [6.45, 7) is 0.737. The number of nitrogens with zero attached hydrogens (tertiary/aromatic N) is 1. The molecule has 0 saturated carbocycles. The van der Waals surface area contributed by atoms with Crippen LogP contribution in [0.2, 0.25) is 0 Å². The minimum atomic E-state index is -0.0583. The number of aryl methyl sites for hydroxylation is 1. The van der Waals surface area contributed by atoms with Crippen LogP contribution in [0.25, 0.3) is 0 Å². The third-order valence-electron chi connectivity index (χ3n) is 3.84. The molecule has 0 aliphatic heterocycles. The first-order valence-corrected chi connectivity index (χ1v) is 8.38. The molecule has 0 atom stereocenters. The number of carbonyl (C=O) groups is 2. The van der Waals surface area contributed by atoms with E-state index in [0.29, 0.717) is 19.4 Å². The minimum absolute atomic E-state index is 0.0583. The van der Waals surface area contributed by atoms with E-state index in [0.717, 1.165) is 16.8 Å². The minimum Gasteiger partial charge on any atom is -0.376 e. The van der Waals surface area contributed by atoms with Crippen molar-refractivity contribution in [1.82, 2.24) is 10.2 Å². The van der Waals surface area contributed by atoms with Crippen LogP contribution in [0.3, 0.4) is 0 Å². The molecule has 0 unspecified atom stereocenters. The van der Waals surface area contributed by atoms with E-state index in [9.17, 15) is 9.59 Å². The third kappa shape index (κ3) is 6.67. The van der Waals surface area contributed by atoms with Gasteiger partial charge in [0.1, 0.15) is 0 Å². The molecule has 0 saturated heterocycles. The molecule has 5 nitrogen and oxygen atoms in total. The molecule has 2 N–H and O–H groups in total. The molecular weight excluding hydrogens is 314 g/mol. The van der Waals surface area contributed by atoms with Crippen molar-refractivity contribution in [2.24, 2.45) is 0 Å². The molecule has 0 aromatic heterocycles. The number of nitrogens with one attached hydrogen (secondary N) is 2. The van der Waals surface area contributed by atoms with E-state index in [-0.39, 0.29) is 18.4 Å². The van der Waals surface area contributed by atoms with Crippen molar-refractivity contribution in [2.45, 2.75) is 19.4 Å². The van der Waals surface area contributed by atoms with Crippen molar-refractivity contribution < 1.29 is 9.59 Å². The molecule has 0 heterocycles. The van der Waals surface area contributed by atoms with Gasteiger partial charge in [-0.25, -0.2) is 0 Å². The zero-order valence-electron chi connectivity index (χ0n) is 14.8. The number of hydrogen-bond acceptors (Lipinski definition) is 3. The zero-order valence-corrected chi connectivity index (χ0v) is 14.8. The number of amides is 2. The Kier molecular flexibility index (Phi) is 7.01. The van der Waals surface area contributed by atoms with Crippen LogP contribution in [0.1, 0.15) is 17.5 Å². The molecule has 0 aliphatic carbocycles. The van der Waals surface area contributed by atoms with Crippen molar-refractivity contribution in [3.05, 3.63) is 65.7 Å².